The predicted molar refractivity (Wildman–Crippen MR) is 117 cm³/mol. The number of benzene rings is 2. The lowest BCUT2D eigenvalue weighted by Gasteiger charge is -2.37. The molecule has 1 fully saturated rings. The van der Waals surface area contributed by atoms with Gasteiger partial charge >= 0.3 is 0 Å². The van der Waals surface area contributed by atoms with Gasteiger partial charge in [-0.2, -0.15) is 0 Å². The Morgan fingerprint density at radius 2 is 1.86 bits per heavy atom. The van der Waals surface area contributed by atoms with Gasteiger partial charge in [0.2, 0.25) is 5.91 Å². The summed E-state index contributed by atoms with van der Waals surface area (Å²) in [4.78, 5) is 15.6. The highest BCUT2D eigenvalue weighted by Gasteiger charge is 2.21. The third kappa shape index (κ3) is 6.35. The molecule has 1 atom stereocenters. The van der Waals surface area contributed by atoms with Crippen molar-refractivity contribution < 1.29 is 14.6 Å². The second-order valence-corrected chi connectivity index (χ2v) is 7.83. The lowest BCUT2D eigenvalue weighted by atomic mass is 10.1. The van der Waals surface area contributed by atoms with Gasteiger partial charge in [-0.1, -0.05) is 17.7 Å². The molecule has 0 unspecified atom stereocenters. The highest BCUT2D eigenvalue weighted by molar-refractivity contribution is 6.30. The number of β-amino-alcohol motifs (C(OH)–C–C–N with tert-alkyl or cyclic N) is 1. The van der Waals surface area contributed by atoms with Crippen LogP contribution in [0.1, 0.15) is 12.5 Å². The van der Waals surface area contributed by atoms with Crippen LogP contribution in [-0.4, -0.2) is 61.3 Å². The van der Waals surface area contributed by atoms with Gasteiger partial charge in [0, 0.05) is 56.0 Å². The molecule has 3 rings (SSSR count). The Labute approximate surface area is 177 Å². The van der Waals surface area contributed by atoms with E-state index in [-0.39, 0.29) is 12.5 Å². The van der Waals surface area contributed by atoms with Gasteiger partial charge in [0.05, 0.1) is 0 Å². The number of hydrogen-bond donors (Lipinski definition) is 2. The summed E-state index contributed by atoms with van der Waals surface area (Å²) in [5, 5.41) is 13.8. The first-order valence-corrected chi connectivity index (χ1v) is 10.2. The first-order chi connectivity index (χ1) is 13.9. The summed E-state index contributed by atoms with van der Waals surface area (Å²) in [6.07, 6.45) is -0.565. The molecule has 2 N–H and O–H groups in total. The van der Waals surface area contributed by atoms with Gasteiger partial charge in [0.15, 0.2) is 0 Å². The maximum Gasteiger partial charge on any atom is 0.221 e. The van der Waals surface area contributed by atoms with E-state index in [1.165, 1.54) is 18.2 Å². The van der Waals surface area contributed by atoms with E-state index in [9.17, 15) is 9.90 Å². The van der Waals surface area contributed by atoms with Crippen LogP contribution < -0.4 is 15.0 Å². The molecule has 29 heavy (non-hydrogen) atoms. The molecule has 0 aliphatic carbocycles. The number of aliphatic hydroxyl groups excluding tert-OH is 1. The zero-order chi connectivity index (χ0) is 20.8. The molecule has 0 saturated carbocycles. The molecular formula is C22H28ClN3O3. The number of halogens is 1. The van der Waals surface area contributed by atoms with Crippen LogP contribution in [0.4, 0.5) is 11.4 Å². The minimum absolute atomic E-state index is 0.111. The maximum atomic E-state index is 11.0. The minimum atomic E-state index is -0.565. The van der Waals surface area contributed by atoms with Crippen molar-refractivity contribution in [1.82, 2.24) is 4.90 Å². The van der Waals surface area contributed by atoms with Crippen LogP contribution >= 0.6 is 11.6 Å². The molecule has 2 aromatic rings. The average molecular weight is 418 g/mol. The Bertz CT molecular complexity index is 821. The molecule has 1 aliphatic heterocycles. The molecule has 156 valence electrons. The van der Waals surface area contributed by atoms with Gasteiger partial charge < -0.3 is 20.1 Å². The number of piperazine rings is 1. The number of carbonyl (C=O) groups excluding carboxylic acids is 1. The number of aryl methyl sites for hydroxylation is 1. The van der Waals surface area contributed by atoms with Crippen molar-refractivity contribution >= 4 is 28.9 Å². The second kappa shape index (κ2) is 9.96. The molecule has 1 saturated heterocycles. The normalized spacial score (nSPS) is 15.8. The van der Waals surface area contributed by atoms with Gasteiger partial charge in [-0.3, -0.25) is 9.69 Å². The van der Waals surface area contributed by atoms with E-state index in [1.807, 2.05) is 18.2 Å². The molecule has 1 heterocycles. The predicted octanol–water partition coefficient (Wildman–Crippen LogP) is 3.17. The van der Waals surface area contributed by atoms with Gasteiger partial charge in [-0.25, -0.2) is 0 Å². The largest absolute Gasteiger partial charge is 0.491 e. The van der Waals surface area contributed by atoms with Crippen LogP contribution in [0, 0.1) is 6.92 Å². The number of carbonyl (C=O) groups is 1. The van der Waals surface area contributed by atoms with Crippen molar-refractivity contribution in [3.63, 3.8) is 0 Å². The van der Waals surface area contributed by atoms with Gasteiger partial charge in [0.25, 0.3) is 0 Å². The van der Waals surface area contributed by atoms with Crippen LogP contribution in [0.2, 0.25) is 5.02 Å². The highest BCUT2D eigenvalue weighted by Crippen LogP contribution is 2.25. The molecule has 1 aliphatic rings. The molecule has 0 aromatic heterocycles. The molecule has 7 heteroatoms. The fourth-order valence-corrected chi connectivity index (χ4v) is 3.64. The monoisotopic (exact) mass is 417 g/mol. The summed E-state index contributed by atoms with van der Waals surface area (Å²) in [7, 11) is 0. The number of amides is 1. The Morgan fingerprint density at radius 3 is 2.52 bits per heavy atom. The Kier molecular flexibility index (Phi) is 7.36. The third-order valence-corrected chi connectivity index (χ3v) is 5.21. The third-order valence-electron chi connectivity index (χ3n) is 4.97. The molecule has 2 aromatic carbocycles. The molecular weight excluding hydrogens is 390 g/mol. The van der Waals surface area contributed by atoms with E-state index < -0.39 is 6.10 Å². The van der Waals surface area contributed by atoms with Gasteiger partial charge in [0.1, 0.15) is 18.5 Å². The van der Waals surface area contributed by atoms with E-state index in [1.54, 1.807) is 24.3 Å². The number of nitrogens with zero attached hydrogens (tertiary/aromatic N) is 2. The summed E-state index contributed by atoms with van der Waals surface area (Å²) >= 11 is 6.15. The summed E-state index contributed by atoms with van der Waals surface area (Å²) in [6.45, 7) is 7.94. The number of hydrogen-bond acceptors (Lipinski definition) is 5. The molecule has 0 spiro atoms. The summed E-state index contributed by atoms with van der Waals surface area (Å²) in [5.74, 6) is 0.555. The van der Waals surface area contributed by atoms with E-state index in [4.69, 9.17) is 16.3 Å². The first-order valence-electron chi connectivity index (χ1n) is 9.82. The van der Waals surface area contributed by atoms with Gasteiger partial charge in [-0.15, -0.1) is 0 Å². The minimum Gasteiger partial charge on any atom is -0.491 e. The standard InChI is InChI=1S/C22H28ClN3O3/c1-16-3-4-18(23)13-22(16)26-11-9-25(10-12-26)14-20(28)15-29-21-7-5-19(6-8-21)24-17(2)27/h3-8,13,20,28H,9-12,14-15H2,1-2H3,(H,24,27)/t20-/m1/s1. The summed E-state index contributed by atoms with van der Waals surface area (Å²) < 4.78 is 5.67. The van der Waals surface area contributed by atoms with Crippen molar-refractivity contribution in [1.29, 1.82) is 0 Å². The summed E-state index contributed by atoms with van der Waals surface area (Å²) in [5.41, 5.74) is 3.13. The number of anilines is 2. The van der Waals surface area contributed by atoms with Crippen molar-refractivity contribution in [3.05, 3.63) is 53.1 Å². The van der Waals surface area contributed by atoms with E-state index in [0.29, 0.717) is 12.3 Å². The summed E-state index contributed by atoms with van der Waals surface area (Å²) in [6, 6.07) is 13.1. The van der Waals surface area contributed by atoms with Crippen LogP contribution in [0.3, 0.4) is 0 Å². The maximum absolute atomic E-state index is 11.0. The quantitative estimate of drug-likeness (QED) is 0.724. The smallest absolute Gasteiger partial charge is 0.221 e. The van der Waals surface area contributed by atoms with E-state index in [0.717, 1.165) is 36.9 Å². The Hall–Kier alpha value is -2.28. The Morgan fingerprint density at radius 1 is 1.17 bits per heavy atom. The van der Waals surface area contributed by atoms with Gasteiger partial charge in [-0.05, 0) is 48.9 Å². The molecule has 6 nitrogen and oxygen atoms in total. The molecule has 0 bridgehead atoms. The number of nitrogens with one attached hydrogen (secondary N) is 1. The molecule has 0 radical (unpaired) electrons. The average Bonchev–Trinajstić information content (AvgIpc) is 2.69. The van der Waals surface area contributed by atoms with Crippen LogP contribution in [0.15, 0.2) is 42.5 Å². The van der Waals surface area contributed by atoms with E-state index >= 15 is 0 Å². The zero-order valence-electron chi connectivity index (χ0n) is 16.9. The van der Waals surface area contributed by atoms with Crippen molar-refractivity contribution in [3.8, 4) is 5.75 Å². The highest BCUT2D eigenvalue weighted by atomic mass is 35.5. The number of ether oxygens (including phenoxy) is 1. The SMILES string of the molecule is CC(=O)Nc1ccc(OC[C@H](O)CN2CCN(c3cc(Cl)ccc3C)CC2)cc1. The fraction of sp³-hybridized carbons (Fsp3) is 0.409. The van der Waals surface area contributed by atoms with Crippen LogP contribution in [0.25, 0.3) is 0 Å². The van der Waals surface area contributed by atoms with Crippen molar-refractivity contribution in [2.45, 2.75) is 20.0 Å². The van der Waals surface area contributed by atoms with Crippen LogP contribution in [-0.2, 0) is 4.79 Å². The van der Waals surface area contributed by atoms with Crippen molar-refractivity contribution in [2.24, 2.45) is 0 Å². The number of rotatable bonds is 7. The Balaban J connectivity index is 1.42. The topological polar surface area (TPSA) is 65.0 Å². The lowest BCUT2D eigenvalue weighted by Crippen LogP contribution is -2.49. The van der Waals surface area contributed by atoms with Crippen molar-refractivity contribution in [2.75, 3.05) is 49.5 Å². The first kappa shape index (κ1) is 21.4. The molecule has 1 amide bonds. The van der Waals surface area contributed by atoms with Crippen LogP contribution in [0.5, 0.6) is 5.75 Å². The lowest BCUT2D eigenvalue weighted by molar-refractivity contribution is -0.114. The second-order valence-electron chi connectivity index (χ2n) is 7.39. The van der Waals surface area contributed by atoms with E-state index in [2.05, 4.69) is 22.0 Å². The fourth-order valence-electron chi connectivity index (χ4n) is 3.48. The number of aliphatic hydroxyl groups is 1. The zero-order valence-corrected chi connectivity index (χ0v) is 17.7.